The average molecular weight is 409 g/mol. The summed E-state index contributed by atoms with van der Waals surface area (Å²) >= 11 is 0. The van der Waals surface area contributed by atoms with Crippen LogP contribution >= 0.6 is 0 Å². The summed E-state index contributed by atoms with van der Waals surface area (Å²) in [5, 5.41) is 0. The molecule has 0 spiro atoms. The van der Waals surface area contributed by atoms with Gasteiger partial charge in [-0.25, -0.2) is 0 Å². The van der Waals surface area contributed by atoms with Gasteiger partial charge in [0.2, 0.25) is 0 Å². The quantitative estimate of drug-likeness (QED) is 0.285. The Kier molecular flexibility index (Phi) is 4.51. The van der Waals surface area contributed by atoms with Crippen molar-refractivity contribution < 1.29 is 0 Å². The predicted octanol–water partition coefficient (Wildman–Crippen LogP) is 7.83. The number of hydrogen-bond acceptors (Lipinski definition) is 0. The maximum absolute atomic E-state index is 2.33. The molecule has 0 bridgehead atoms. The lowest BCUT2D eigenvalue weighted by Crippen LogP contribution is -2.40. The van der Waals surface area contributed by atoms with Crippen molar-refractivity contribution in [1.82, 2.24) is 0 Å². The van der Waals surface area contributed by atoms with Gasteiger partial charge in [-0.2, -0.15) is 0 Å². The molecule has 0 nitrogen and oxygen atoms in total. The number of rotatable bonds is 3. The van der Waals surface area contributed by atoms with Crippen LogP contribution in [0.1, 0.15) is 33.7 Å². The van der Waals surface area contributed by atoms with Crippen LogP contribution in [0.5, 0.6) is 0 Å². The molecule has 5 aromatic rings. The molecule has 0 aliphatic heterocycles. The molecule has 0 saturated carbocycles. The van der Waals surface area contributed by atoms with E-state index < -0.39 is 0 Å². The van der Waals surface area contributed by atoms with Gasteiger partial charge >= 0.3 is 0 Å². The standard InChI is InChI=1S/C32H24/c1-4-14-24(15-5-1)31-29-22-11-10-20-27(29)28-21-12-13-23-30(28)32(31,25-16-6-2-7-17-25)26-18-8-3-9-19-26/h1-23,31H/t31-/m1/s1. The lowest BCUT2D eigenvalue weighted by molar-refractivity contribution is 0.531. The topological polar surface area (TPSA) is 0 Å². The lowest BCUT2D eigenvalue weighted by atomic mass is 9.54. The molecular formula is C32H24. The third-order valence-corrected chi connectivity index (χ3v) is 6.94. The minimum Gasteiger partial charge on any atom is -0.0622 e. The van der Waals surface area contributed by atoms with Crippen molar-refractivity contribution in [2.45, 2.75) is 11.3 Å². The Morgan fingerprint density at radius 2 is 0.875 bits per heavy atom. The molecule has 0 saturated heterocycles. The summed E-state index contributed by atoms with van der Waals surface area (Å²) in [5.41, 5.74) is 9.04. The minimum atomic E-state index is -0.338. The first-order chi connectivity index (χ1) is 15.9. The van der Waals surface area contributed by atoms with E-state index in [-0.39, 0.29) is 11.3 Å². The highest BCUT2D eigenvalue weighted by atomic mass is 14.5. The monoisotopic (exact) mass is 408 g/mol. The highest BCUT2D eigenvalue weighted by Crippen LogP contribution is 2.59. The zero-order chi connectivity index (χ0) is 21.4. The number of fused-ring (bicyclic) bond motifs is 3. The Bertz CT molecular complexity index is 1310. The first kappa shape index (κ1) is 18.8. The van der Waals surface area contributed by atoms with Crippen LogP contribution in [-0.4, -0.2) is 0 Å². The molecule has 6 rings (SSSR count). The van der Waals surface area contributed by atoms with Gasteiger partial charge in [0.15, 0.2) is 0 Å². The first-order valence-electron chi connectivity index (χ1n) is 11.3. The normalized spacial score (nSPS) is 16.1. The van der Waals surface area contributed by atoms with Crippen LogP contribution in [0.25, 0.3) is 11.1 Å². The molecule has 5 aromatic carbocycles. The van der Waals surface area contributed by atoms with E-state index in [0.29, 0.717) is 0 Å². The first-order valence-corrected chi connectivity index (χ1v) is 11.3. The average Bonchev–Trinajstić information content (AvgIpc) is 2.89. The Hall–Kier alpha value is -3.90. The predicted molar refractivity (Wildman–Crippen MR) is 133 cm³/mol. The molecular weight excluding hydrogens is 384 g/mol. The van der Waals surface area contributed by atoms with E-state index in [2.05, 4.69) is 140 Å². The molecule has 0 N–H and O–H groups in total. The maximum atomic E-state index is 2.33. The lowest BCUT2D eigenvalue weighted by Gasteiger charge is -2.48. The van der Waals surface area contributed by atoms with E-state index in [1.54, 1.807) is 0 Å². The van der Waals surface area contributed by atoms with Gasteiger partial charge in [-0.3, -0.25) is 0 Å². The highest BCUT2D eigenvalue weighted by molar-refractivity contribution is 5.81. The molecule has 0 amide bonds. The van der Waals surface area contributed by atoms with Crippen LogP contribution in [0.15, 0.2) is 140 Å². The largest absolute Gasteiger partial charge is 0.0622 e. The second kappa shape index (κ2) is 7.66. The molecule has 0 heteroatoms. The minimum absolute atomic E-state index is 0.152. The summed E-state index contributed by atoms with van der Waals surface area (Å²) in [6.45, 7) is 0. The van der Waals surface area contributed by atoms with E-state index in [1.165, 1.54) is 38.9 Å². The zero-order valence-electron chi connectivity index (χ0n) is 17.9. The van der Waals surface area contributed by atoms with Crippen molar-refractivity contribution in [1.29, 1.82) is 0 Å². The van der Waals surface area contributed by atoms with Crippen LogP contribution in [0.2, 0.25) is 0 Å². The van der Waals surface area contributed by atoms with Crippen molar-refractivity contribution >= 4 is 0 Å². The summed E-state index contributed by atoms with van der Waals surface area (Å²) < 4.78 is 0. The molecule has 0 unspecified atom stereocenters. The number of hydrogen-bond donors (Lipinski definition) is 0. The maximum Gasteiger partial charge on any atom is 0.0566 e. The molecule has 0 radical (unpaired) electrons. The van der Waals surface area contributed by atoms with E-state index in [0.717, 1.165) is 0 Å². The summed E-state index contributed by atoms with van der Waals surface area (Å²) in [6, 6.07) is 51.1. The Labute approximate surface area is 189 Å². The molecule has 0 fully saturated rings. The van der Waals surface area contributed by atoms with Gasteiger partial charge in [-0.15, -0.1) is 0 Å². The van der Waals surface area contributed by atoms with Crippen LogP contribution in [0, 0.1) is 0 Å². The molecule has 1 atom stereocenters. The Morgan fingerprint density at radius 1 is 0.406 bits per heavy atom. The van der Waals surface area contributed by atoms with Crippen LogP contribution < -0.4 is 0 Å². The van der Waals surface area contributed by atoms with Gasteiger partial charge in [-0.1, -0.05) is 140 Å². The van der Waals surface area contributed by atoms with E-state index in [9.17, 15) is 0 Å². The van der Waals surface area contributed by atoms with Gasteiger partial charge in [0.25, 0.3) is 0 Å². The van der Waals surface area contributed by atoms with Gasteiger partial charge < -0.3 is 0 Å². The van der Waals surface area contributed by atoms with Crippen molar-refractivity contribution in [3.8, 4) is 11.1 Å². The molecule has 152 valence electrons. The van der Waals surface area contributed by atoms with Gasteiger partial charge in [0, 0.05) is 5.92 Å². The molecule has 1 aliphatic rings. The fourth-order valence-electron chi connectivity index (χ4n) is 5.73. The number of benzene rings is 5. The van der Waals surface area contributed by atoms with Gasteiger partial charge in [-0.05, 0) is 38.9 Å². The van der Waals surface area contributed by atoms with E-state index in [1.807, 2.05) is 0 Å². The third-order valence-electron chi connectivity index (χ3n) is 6.94. The Balaban J connectivity index is 1.83. The third kappa shape index (κ3) is 2.70. The zero-order valence-corrected chi connectivity index (χ0v) is 17.9. The van der Waals surface area contributed by atoms with E-state index in [4.69, 9.17) is 0 Å². The summed E-state index contributed by atoms with van der Waals surface area (Å²) in [7, 11) is 0. The second-order valence-corrected chi connectivity index (χ2v) is 8.52. The fourth-order valence-corrected chi connectivity index (χ4v) is 5.73. The Morgan fingerprint density at radius 3 is 1.50 bits per heavy atom. The van der Waals surface area contributed by atoms with Gasteiger partial charge in [0.1, 0.15) is 0 Å². The summed E-state index contributed by atoms with van der Waals surface area (Å²) in [4.78, 5) is 0. The second-order valence-electron chi connectivity index (χ2n) is 8.52. The molecule has 1 aliphatic carbocycles. The molecule has 0 aromatic heterocycles. The summed E-state index contributed by atoms with van der Waals surface area (Å²) in [5.74, 6) is 0.152. The van der Waals surface area contributed by atoms with Crippen molar-refractivity contribution in [2.75, 3.05) is 0 Å². The van der Waals surface area contributed by atoms with Crippen LogP contribution in [-0.2, 0) is 5.41 Å². The van der Waals surface area contributed by atoms with Crippen molar-refractivity contribution in [2.24, 2.45) is 0 Å². The molecule has 0 heterocycles. The fraction of sp³-hybridized carbons (Fsp3) is 0.0625. The van der Waals surface area contributed by atoms with Gasteiger partial charge in [0.05, 0.1) is 5.41 Å². The van der Waals surface area contributed by atoms with Crippen LogP contribution in [0.4, 0.5) is 0 Å². The van der Waals surface area contributed by atoms with Crippen molar-refractivity contribution in [3.05, 3.63) is 167 Å². The SMILES string of the molecule is c1ccc([C@@H]2c3ccccc3-c3ccccc3C2(c2ccccc2)c2ccccc2)cc1. The smallest absolute Gasteiger partial charge is 0.0566 e. The van der Waals surface area contributed by atoms with E-state index >= 15 is 0 Å². The molecule has 32 heavy (non-hydrogen) atoms. The van der Waals surface area contributed by atoms with Crippen molar-refractivity contribution in [3.63, 3.8) is 0 Å². The highest BCUT2D eigenvalue weighted by Gasteiger charge is 2.49. The summed E-state index contributed by atoms with van der Waals surface area (Å²) in [6.07, 6.45) is 0. The van der Waals surface area contributed by atoms with Crippen LogP contribution in [0.3, 0.4) is 0 Å².